The van der Waals surface area contributed by atoms with Crippen LogP contribution in [0.5, 0.6) is 0 Å². The summed E-state index contributed by atoms with van der Waals surface area (Å²) in [5.74, 6) is 0. The molecule has 0 aliphatic carbocycles. The van der Waals surface area contributed by atoms with Gasteiger partial charge in [0.15, 0.2) is 0 Å². The van der Waals surface area contributed by atoms with E-state index in [0.717, 1.165) is 32.6 Å². The molecule has 0 saturated heterocycles. The first-order valence-corrected chi connectivity index (χ1v) is 6.96. The first kappa shape index (κ1) is 13.8. The van der Waals surface area contributed by atoms with E-state index in [9.17, 15) is 0 Å². The lowest BCUT2D eigenvalue weighted by molar-refractivity contribution is 0.206. The summed E-state index contributed by atoms with van der Waals surface area (Å²) >= 11 is 0. The van der Waals surface area contributed by atoms with Crippen LogP contribution in [0.4, 0.5) is 0 Å². The lowest BCUT2D eigenvalue weighted by Crippen LogP contribution is -2.28. The number of allylic oxidation sites excluding steroid dienone is 1. The monoisotopic (exact) mass is 217 g/mol. The minimum atomic E-state index is -1.55. The molecule has 1 atom stereocenters. The first-order chi connectivity index (χ1) is 6.79. The van der Waals surface area contributed by atoms with Gasteiger partial charge in [0, 0.05) is 18.8 Å². The zero-order valence-corrected chi connectivity index (χ0v) is 10.5. The molecule has 0 rings (SSSR count). The fourth-order valence-corrected chi connectivity index (χ4v) is 3.32. The fourth-order valence-electron chi connectivity index (χ4n) is 1.34. The first-order valence-electron chi connectivity index (χ1n) is 5.35. The second kappa shape index (κ2) is 9.39. The molecule has 0 aromatic rings. The van der Waals surface area contributed by atoms with E-state index in [1.807, 2.05) is 19.9 Å². The van der Waals surface area contributed by atoms with Gasteiger partial charge in [0.25, 0.3) is 0 Å². The number of hydrogen-bond acceptors (Lipinski definition) is 3. The molecule has 3 nitrogen and oxygen atoms in total. The Morgan fingerprint density at radius 1 is 1.36 bits per heavy atom. The molecule has 0 aromatic carbocycles. The van der Waals surface area contributed by atoms with Crippen molar-refractivity contribution in [3.05, 3.63) is 12.7 Å². The van der Waals surface area contributed by atoms with Gasteiger partial charge in [-0.25, -0.2) is 0 Å². The molecule has 84 valence electrons. The lowest BCUT2D eigenvalue weighted by atomic mass is 10.2. The van der Waals surface area contributed by atoms with E-state index in [4.69, 9.17) is 14.6 Å². The van der Waals surface area contributed by atoms with Crippen LogP contribution in [0.2, 0.25) is 5.54 Å². The van der Waals surface area contributed by atoms with E-state index < -0.39 is 9.28 Å². The quantitative estimate of drug-likeness (QED) is 0.471. The van der Waals surface area contributed by atoms with Crippen LogP contribution in [0, 0.1) is 0 Å². The molecular weight excluding hydrogens is 194 g/mol. The Hall–Kier alpha value is -0.163. The molecule has 0 spiro atoms. The molecular formula is C10H23NO2Si. The molecule has 2 N–H and O–H groups in total. The van der Waals surface area contributed by atoms with Gasteiger partial charge in [-0.15, -0.1) is 6.58 Å². The maximum absolute atomic E-state index is 5.64. The van der Waals surface area contributed by atoms with E-state index in [1.54, 1.807) is 0 Å². The van der Waals surface area contributed by atoms with Crippen LogP contribution in [0.1, 0.15) is 26.7 Å². The molecule has 0 saturated carbocycles. The summed E-state index contributed by atoms with van der Waals surface area (Å²) < 4.78 is 11.3. The highest BCUT2D eigenvalue weighted by Gasteiger charge is 2.22. The Balaban J connectivity index is 4.03. The van der Waals surface area contributed by atoms with Crippen LogP contribution in [-0.2, 0) is 8.85 Å². The van der Waals surface area contributed by atoms with Gasteiger partial charge in [0.2, 0.25) is 0 Å². The topological polar surface area (TPSA) is 44.5 Å². The number of hydrogen-bond donors (Lipinski definition) is 1. The third-order valence-electron chi connectivity index (χ3n) is 2.06. The zero-order valence-electron chi connectivity index (χ0n) is 9.37. The minimum Gasteiger partial charge on any atom is -0.396 e. The van der Waals surface area contributed by atoms with Crippen LogP contribution in [-0.4, -0.2) is 29.0 Å². The Morgan fingerprint density at radius 3 is 2.29 bits per heavy atom. The maximum atomic E-state index is 5.64. The van der Waals surface area contributed by atoms with Gasteiger partial charge < -0.3 is 14.6 Å². The van der Waals surface area contributed by atoms with Crippen molar-refractivity contribution in [1.82, 2.24) is 0 Å². The molecule has 0 aliphatic rings. The summed E-state index contributed by atoms with van der Waals surface area (Å²) in [6.07, 6.45) is 4.01. The summed E-state index contributed by atoms with van der Waals surface area (Å²) in [4.78, 5) is 0. The number of rotatable bonds is 9. The van der Waals surface area contributed by atoms with Gasteiger partial charge in [-0.2, -0.15) is 0 Å². The van der Waals surface area contributed by atoms with Crippen LogP contribution < -0.4 is 5.73 Å². The predicted octanol–water partition coefficient (Wildman–Crippen LogP) is 1.57. The Labute approximate surface area is 89.1 Å². The smallest absolute Gasteiger partial charge is 0.328 e. The van der Waals surface area contributed by atoms with Crippen molar-refractivity contribution >= 4 is 9.28 Å². The average molecular weight is 217 g/mol. The summed E-state index contributed by atoms with van der Waals surface area (Å²) in [5, 5.41) is 0. The molecule has 1 unspecified atom stereocenters. The van der Waals surface area contributed by atoms with E-state index in [0.29, 0.717) is 5.54 Å². The minimum absolute atomic E-state index is 0.387. The highest BCUT2D eigenvalue weighted by Crippen LogP contribution is 2.20. The second-order valence-electron chi connectivity index (χ2n) is 3.11. The van der Waals surface area contributed by atoms with Crippen molar-refractivity contribution in [3.63, 3.8) is 0 Å². The van der Waals surface area contributed by atoms with E-state index in [-0.39, 0.29) is 0 Å². The molecule has 14 heavy (non-hydrogen) atoms. The highest BCUT2D eigenvalue weighted by molar-refractivity contribution is 6.47. The van der Waals surface area contributed by atoms with Gasteiger partial charge in [-0.05, 0) is 33.2 Å². The average Bonchev–Trinajstić information content (AvgIpc) is 2.19. The summed E-state index contributed by atoms with van der Waals surface area (Å²) in [7, 11) is -1.55. The van der Waals surface area contributed by atoms with Gasteiger partial charge in [-0.1, -0.05) is 6.08 Å². The van der Waals surface area contributed by atoms with Crippen LogP contribution in [0.3, 0.4) is 0 Å². The van der Waals surface area contributed by atoms with Crippen LogP contribution in [0.25, 0.3) is 0 Å². The zero-order chi connectivity index (χ0) is 10.8. The molecule has 4 heteroatoms. The van der Waals surface area contributed by atoms with Crippen molar-refractivity contribution in [1.29, 1.82) is 0 Å². The Kier molecular flexibility index (Phi) is 9.28. The summed E-state index contributed by atoms with van der Waals surface area (Å²) in [6.45, 7) is 10.0. The summed E-state index contributed by atoms with van der Waals surface area (Å²) in [5.41, 5.74) is 5.87. The van der Waals surface area contributed by atoms with Crippen LogP contribution >= 0.6 is 0 Å². The predicted molar refractivity (Wildman–Crippen MR) is 62.6 cm³/mol. The van der Waals surface area contributed by atoms with Crippen molar-refractivity contribution in [2.24, 2.45) is 5.73 Å². The normalized spacial score (nSPS) is 13.1. The standard InChI is InChI=1S/C10H23NO2Si/c1-4-10(8-7-9-11)14(12-5-2)13-6-3/h4,10,14H,1,5-9,11H2,2-3H3. The van der Waals surface area contributed by atoms with Crippen molar-refractivity contribution in [3.8, 4) is 0 Å². The van der Waals surface area contributed by atoms with Crippen LogP contribution in [0.15, 0.2) is 12.7 Å². The summed E-state index contributed by atoms with van der Waals surface area (Å²) in [6, 6.07) is 0. The molecule has 0 bridgehead atoms. The SMILES string of the molecule is C=CC(CCCN)[SiH](OCC)OCC. The third kappa shape index (κ3) is 5.54. The van der Waals surface area contributed by atoms with Gasteiger partial charge in [-0.3, -0.25) is 0 Å². The molecule has 0 radical (unpaired) electrons. The fraction of sp³-hybridized carbons (Fsp3) is 0.800. The molecule has 0 aliphatic heterocycles. The van der Waals surface area contributed by atoms with Crippen molar-refractivity contribution < 1.29 is 8.85 Å². The van der Waals surface area contributed by atoms with Gasteiger partial charge in [0.05, 0.1) is 0 Å². The van der Waals surface area contributed by atoms with Gasteiger partial charge >= 0.3 is 9.28 Å². The molecule has 0 heterocycles. The van der Waals surface area contributed by atoms with Gasteiger partial charge in [0.1, 0.15) is 0 Å². The van der Waals surface area contributed by atoms with E-state index >= 15 is 0 Å². The molecule has 0 fully saturated rings. The Morgan fingerprint density at radius 2 is 1.93 bits per heavy atom. The van der Waals surface area contributed by atoms with Crippen molar-refractivity contribution in [2.75, 3.05) is 19.8 Å². The van der Waals surface area contributed by atoms with E-state index in [2.05, 4.69) is 6.58 Å². The van der Waals surface area contributed by atoms with Crippen molar-refractivity contribution in [2.45, 2.75) is 32.2 Å². The highest BCUT2D eigenvalue weighted by atomic mass is 28.3. The lowest BCUT2D eigenvalue weighted by Gasteiger charge is -2.21. The third-order valence-corrected chi connectivity index (χ3v) is 4.68. The molecule has 0 aromatic heterocycles. The molecule has 0 amide bonds. The largest absolute Gasteiger partial charge is 0.396 e. The number of nitrogens with two attached hydrogens (primary N) is 1. The maximum Gasteiger partial charge on any atom is 0.328 e. The second-order valence-corrected chi connectivity index (χ2v) is 5.37. The Bertz CT molecular complexity index is 138. The van der Waals surface area contributed by atoms with E-state index in [1.165, 1.54) is 0 Å².